The minimum atomic E-state index is -0.109. The van der Waals surface area contributed by atoms with Gasteiger partial charge in [0.25, 0.3) is 0 Å². The molecule has 1 aromatic carbocycles. The van der Waals surface area contributed by atoms with Crippen LogP contribution in [0.3, 0.4) is 0 Å². The van der Waals surface area contributed by atoms with Crippen LogP contribution in [0.4, 0.5) is 0 Å². The highest BCUT2D eigenvalue weighted by atomic mass is 16.5. The Morgan fingerprint density at radius 1 is 1.19 bits per heavy atom. The third-order valence-corrected chi connectivity index (χ3v) is 4.63. The number of rotatable bonds is 9. The number of aliphatic hydroxyl groups excluding tert-OH is 1. The molecule has 1 saturated heterocycles. The third-order valence-electron chi connectivity index (χ3n) is 4.63. The fourth-order valence-electron chi connectivity index (χ4n) is 3.03. The molecule has 26 heavy (non-hydrogen) atoms. The molecule has 0 bridgehead atoms. The van der Waals surface area contributed by atoms with Crippen molar-refractivity contribution < 1.29 is 9.84 Å². The summed E-state index contributed by atoms with van der Waals surface area (Å²) in [6.45, 7) is 8.08. The number of ether oxygens (including phenoxy) is 1. The summed E-state index contributed by atoms with van der Waals surface area (Å²) in [7, 11) is 1.79. The smallest absolute Gasteiger partial charge is 0.191 e. The summed E-state index contributed by atoms with van der Waals surface area (Å²) < 4.78 is 5.33. The van der Waals surface area contributed by atoms with E-state index < -0.39 is 0 Å². The second-order valence-corrected chi connectivity index (χ2v) is 6.73. The van der Waals surface area contributed by atoms with Crippen LogP contribution in [0.2, 0.25) is 0 Å². The number of guanidine groups is 1. The van der Waals surface area contributed by atoms with Crippen molar-refractivity contribution in [3.05, 3.63) is 35.4 Å². The van der Waals surface area contributed by atoms with E-state index in [-0.39, 0.29) is 6.10 Å². The van der Waals surface area contributed by atoms with Crippen molar-refractivity contribution in [2.45, 2.75) is 45.4 Å². The molecule has 0 radical (unpaired) electrons. The Morgan fingerprint density at radius 2 is 1.88 bits per heavy atom. The third kappa shape index (κ3) is 7.72. The molecule has 2 rings (SSSR count). The number of nitrogens with one attached hydrogen (secondary N) is 2. The average molecular weight is 363 g/mol. The van der Waals surface area contributed by atoms with Crippen LogP contribution in [0.1, 0.15) is 37.3 Å². The second-order valence-electron chi connectivity index (χ2n) is 6.73. The number of likely N-dealkylation sites (tertiary alicyclic amines) is 1. The summed E-state index contributed by atoms with van der Waals surface area (Å²) in [6.07, 6.45) is 2.63. The van der Waals surface area contributed by atoms with E-state index in [1.165, 1.54) is 11.1 Å². The summed E-state index contributed by atoms with van der Waals surface area (Å²) in [6, 6.07) is 8.73. The van der Waals surface area contributed by atoms with Gasteiger partial charge in [-0.3, -0.25) is 9.89 Å². The molecule has 1 fully saturated rings. The van der Waals surface area contributed by atoms with E-state index in [9.17, 15) is 5.11 Å². The van der Waals surface area contributed by atoms with Crippen molar-refractivity contribution in [2.24, 2.45) is 4.99 Å². The first-order valence-corrected chi connectivity index (χ1v) is 9.71. The number of aliphatic imine (C=N–C) groups is 1. The van der Waals surface area contributed by atoms with Gasteiger partial charge in [0.1, 0.15) is 0 Å². The lowest BCUT2D eigenvalue weighted by atomic mass is 10.1. The molecule has 1 aromatic rings. The zero-order valence-electron chi connectivity index (χ0n) is 16.2. The van der Waals surface area contributed by atoms with Gasteiger partial charge < -0.3 is 20.5 Å². The van der Waals surface area contributed by atoms with Gasteiger partial charge in [0.2, 0.25) is 0 Å². The predicted molar refractivity (Wildman–Crippen MR) is 106 cm³/mol. The van der Waals surface area contributed by atoms with Crippen LogP contribution >= 0.6 is 0 Å². The molecule has 0 amide bonds. The predicted octanol–water partition coefficient (Wildman–Crippen LogP) is 1.73. The minimum Gasteiger partial charge on any atom is -0.393 e. The molecule has 0 atom stereocenters. The molecule has 1 aliphatic rings. The molecule has 1 aliphatic heterocycles. The Kier molecular flexibility index (Phi) is 9.45. The first-order valence-electron chi connectivity index (χ1n) is 9.71. The fourth-order valence-corrected chi connectivity index (χ4v) is 3.03. The van der Waals surface area contributed by atoms with Crippen LogP contribution < -0.4 is 10.6 Å². The summed E-state index contributed by atoms with van der Waals surface area (Å²) >= 11 is 0. The summed E-state index contributed by atoms with van der Waals surface area (Å²) in [5.74, 6) is 0.817. The summed E-state index contributed by atoms with van der Waals surface area (Å²) in [5, 5.41) is 16.2. The maximum Gasteiger partial charge on any atom is 0.191 e. The first-order chi connectivity index (χ1) is 12.7. The monoisotopic (exact) mass is 362 g/mol. The van der Waals surface area contributed by atoms with E-state index in [0.29, 0.717) is 0 Å². The lowest BCUT2D eigenvalue weighted by Gasteiger charge is -2.29. The molecule has 0 aromatic heterocycles. The molecule has 6 nitrogen and oxygen atoms in total. The van der Waals surface area contributed by atoms with E-state index in [1.54, 1.807) is 7.05 Å². The largest absolute Gasteiger partial charge is 0.393 e. The highest BCUT2D eigenvalue weighted by Gasteiger charge is 2.16. The van der Waals surface area contributed by atoms with Gasteiger partial charge in [-0.2, -0.15) is 0 Å². The standard InChI is InChI=1S/C20H34N4O2/c1-3-26-14-4-11-22-20(21-2)23-15-17-5-7-18(8-6-17)16-24-12-9-19(25)10-13-24/h5-8,19,25H,3-4,9-16H2,1-2H3,(H2,21,22,23). The second kappa shape index (κ2) is 11.9. The number of aliphatic hydroxyl groups is 1. The molecule has 6 heteroatoms. The van der Waals surface area contributed by atoms with Crippen molar-refractivity contribution in [1.29, 1.82) is 0 Å². The van der Waals surface area contributed by atoms with Crippen LogP contribution in [0.25, 0.3) is 0 Å². The SMILES string of the molecule is CCOCCCNC(=NC)NCc1ccc(CN2CCC(O)CC2)cc1. The van der Waals surface area contributed by atoms with Gasteiger partial charge in [0.15, 0.2) is 5.96 Å². The molecular formula is C20H34N4O2. The van der Waals surface area contributed by atoms with Crippen molar-refractivity contribution in [3.8, 4) is 0 Å². The van der Waals surface area contributed by atoms with Gasteiger partial charge in [-0.05, 0) is 37.3 Å². The average Bonchev–Trinajstić information content (AvgIpc) is 2.67. The fraction of sp³-hybridized carbons (Fsp3) is 0.650. The number of piperidine rings is 1. The molecule has 0 aliphatic carbocycles. The Bertz CT molecular complexity index is 525. The summed E-state index contributed by atoms with van der Waals surface area (Å²) in [4.78, 5) is 6.66. The molecular weight excluding hydrogens is 328 g/mol. The lowest BCUT2D eigenvalue weighted by molar-refractivity contribution is 0.0792. The topological polar surface area (TPSA) is 69.1 Å². The molecule has 0 spiro atoms. The van der Waals surface area contributed by atoms with Gasteiger partial charge in [-0.25, -0.2) is 0 Å². The maximum atomic E-state index is 9.59. The molecule has 0 saturated carbocycles. The van der Waals surface area contributed by atoms with Crippen LogP contribution in [0, 0.1) is 0 Å². The van der Waals surface area contributed by atoms with Gasteiger partial charge in [0, 0.05) is 53.0 Å². The Balaban J connectivity index is 1.69. The normalized spacial score (nSPS) is 16.7. The molecule has 0 unspecified atom stereocenters. The van der Waals surface area contributed by atoms with Gasteiger partial charge in [-0.15, -0.1) is 0 Å². The van der Waals surface area contributed by atoms with Crippen molar-refractivity contribution >= 4 is 5.96 Å². The van der Waals surface area contributed by atoms with Crippen LogP contribution in [-0.4, -0.2) is 62.0 Å². The molecule has 1 heterocycles. The zero-order chi connectivity index (χ0) is 18.6. The Morgan fingerprint density at radius 3 is 2.54 bits per heavy atom. The quantitative estimate of drug-likeness (QED) is 0.355. The van der Waals surface area contributed by atoms with E-state index in [0.717, 1.165) is 71.2 Å². The minimum absolute atomic E-state index is 0.109. The van der Waals surface area contributed by atoms with Crippen LogP contribution in [0.15, 0.2) is 29.3 Å². The zero-order valence-corrected chi connectivity index (χ0v) is 16.2. The molecule has 146 valence electrons. The molecule has 3 N–H and O–H groups in total. The van der Waals surface area contributed by atoms with Crippen LogP contribution in [-0.2, 0) is 17.8 Å². The Hall–Kier alpha value is -1.63. The number of hydrogen-bond acceptors (Lipinski definition) is 4. The number of nitrogens with zero attached hydrogens (tertiary/aromatic N) is 2. The number of hydrogen-bond donors (Lipinski definition) is 3. The van der Waals surface area contributed by atoms with Gasteiger partial charge in [0.05, 0.1) is 6.10 Å². The van der Waals surface area contributed by atoms with Crippen molar-refractivity contribution in [2.75, 3.05) is 39.9 Å². The van der Waals surface area contributed by atoms with Crippen molar-refractivity contribution in [3.63, 3.8) is 0 Å². The Labute approximate surface area is 157 Å². The van der Waals surface area contributed by atoms with Crippen molar-refractivity contribution in [1.82, 2.24) is 15.5 Å². The lowest BCUT2D eigenvalue weighted by Crippen LogP contribution is -2.37. The van der Waals surface area contributed by atoms with E-state index >= 15 is 0 Å². The summed E-state index contributed by atoms with van der Waals surface area (Å²) in [5.41, 5.74) is 2.56. The number of benzene rings is 1. The maximum absolute atomic E-state index is 9.59. The van der Waals surface area contributed by atoms with Crippen LogP contribution in [0.5, 0.6) is 0 Å². The highest BCUT2D eigenvalue weighted by molar-refractivity contribution is 5.79. The van der Waals surface area contributed by atoms with E-state index in [1.807, 2.05) is 6.92 Å². The van der Waals surface area contributed by atoms with E-state index in [2.05, 4.69) is 44.8 Å². The van der Waals surface area contributed by atoms with Gasteiger partial charge >= 0.3 is 0 Å². The first kappa shape index (κ1) is 20.7. The highest BCUT2D eigenvalue weighted by Crippen LogP contribution is 2.14. The van der Waals surface area contributed by atoms with E-state index in [4.69, 9.17) is 4.74 Å². The van der Waals surface area contributed by atoms with Gasteiger partial charge in [-0.1, -0.05) is 24.3 Å².